The zero-order valence-corrected chi connectivity index (χ0v) is 68.6. The first-order chi connectivity index (χ1) is 56.0. The molecule has 0 radical (unpaired) electrons. The van der Waals surface area contributed by atoms with E-state index in [4.69, 9.17) is 66.3 Å². The van der Waals surface area contributed by atoms with Crippen molar-refractivity contribution in [3.05, 3.63) is 65.9 Å². The van der Waals surface area contributed by atoms with Crippen LogP contribution >= 0.6 is 11.8 Å². The number of aliphatic hydroxyl groups excluding tert-OH is 2. The molecule has 1 aliphatic rings. The molecule has 0 unspecified atom stereocenters. The Hall–Kier alpha value is -7.61. The van der Waals surface area contributed by atoms with Crippen LogP contribution < -0.4 is 37.2 Å². The second-order valence-electron chi connectivity index (χ2n) is 27.5. The Kier molecular flexibility index (Phi) is 53.6. The summed E-state index contributed by atoms with van der Waals surface area (Å²) in [6.07, 6.45) is 0.534. The number of thioether (sulfide) groups is 1. The Morgan fingerprint density at radius 3 is 1.47 bits per heavy atom. The molecule has 2 aromatic carbocycles. The molecule has 8 amide bonds. The number of ether oxygens (including phenoxy) is 14. The number of likely N-dealkylation sites (tertiary alicyclic amines) is 1. The van der Waals surface area contributed by atoms with Crippen LogP contribution in [0.15, 0.2) is 54.7 Å². The van der Waals surface area contributed by atoms with Gasteiger partial charge in [0.25, 0.3) is 0 Å². The molecule has 8 atom stereocenters. The van der Waals surface area contributed by atoms with E-state index in [1.165, 1.54) is 49.9 Å². The largest absolute Gasteiger partial charge is 0.508 e. The van der Waals surface area contributed by atoms with Crippen LogP contribution in [0.3, 0.4) is 0 Å². The lowest BCUT2D eigenvalue weighted by Crippen LogP contribution is -2.62. The highest BCUT2D eigenvalue weighted by Crippen LogP contribution is 2.23. The number of carboxylic acids is 1. The minimum absolute atomic E-state index is 0.00929. The van der Waals surface area contributed by atoms with E-state index in [2.05, 4.69) is 42.2 Å². The van der Waals surface area contributed by atoms with Gasteiger partial charge in [0.2, 0.25) is 47.3 Å². The molecule has 116 heavy (non-hydrogen) atoms. The fraction of sp³-hybridized carbons (Fsp3) is 0.692. The predicted octanol–water partition coefficient (Wildman–Crippen LogP) is -0.263. The number of aliphatic hydroxyl groups is 2. The van der Waals surface area contributed by atoms with Crippen LogP contribution in [0, 0.1) is 11.8 Å². The van der Waals surface area contributed by atoms with Gasteiger partial charge in [-0.2, -0.15) is 0 Å². The van der Waals surface area contributed by atoms with Crippen molar-refractivity contribution >= 4 is 81.0 Å². The number of hydrogen-bond acceptors (Lipinski definition) is 28. The number of amides is 8. The van der Waals surface area contributed by atoms with Gasteiger partial charge in [-0.15, -0.1) is 0 Å². The van der Waals surface area contributed by atoms with Gasteiger partial charge >= 0.3 is 5.97 Å². The number of H-pyrrole nitrogens is 1. The number of aromatic amines is 1. The highest BCUT2D eigenvalue weighted by Gasteiger charge is 2.41. The van der Waals surface area contributed by atoms with Crippen molar-refractivity contribution in [1.82, 2.24) is 47.1 Å². The van der Waals surface area contributed by atoms with Crippen molar-refractivity contribution in [3.63, 3.8) is 0 Å². The summed E-state index contributed by atoms with van der Waals surface area (Å²) in [4.78, 5) is 137. The number of nitrogens with one attached hydrogen (secondary N) is 8. The van der Waals surface area contributed by atoms with Gasteiger partial charge < -0.3 is 134 Å². The molecule has 4 rings (SSSR count). The number of para-hydroxylation sites is 1. The predicted molar refractivity (Wildman–Crippen MR) is 423 cm³/mol. The second-order valence-corrected chi connectivity index (χ2v) is 28.8. The topological polar surface area (TPSA) is 484 Å². The summed E-state index contributed by atoms with van der Waals surface area (Å²) < 4.78 is 76.8. The molecular formula is C78H125N9O28S. The third-order valence-corrected chi connectivity index (χ3v) is 18.1. The molecule has 12 N–H and O–H groups in total. The molecule has 37 nitrogen and oxygen atoms in total. The Balaban J connectivity index is 1.01. The van der Waals surface area contributed by atoms with E-state index in [0.29, 0.717) is 175 Å². The highest BCUT2D eigenvalue weighted by atomic mass is 32.2. The normalized spacial score (nSPS) is 14.7. The summed E-state index contributed by atoms with van der Waals surface area (Å²) in [5.74, 6) is -7.71. The van der Waals surface area contributed by atoms with Crippen molar-refractivity contribution < 1.29 is 135 Å². The van der Waals surface area contributed by atoms with Crippen molar-refractivity contribution in [2.45, 2.75) is 128 Å². The van der Waals surface area contributed by atoms with Crippen LogP contribution in [0.5, 0.6) is 5.75 Å². The van der Waals surface area contributed by atoms with Gasteiger partial charge in [0, 0.05) is 62.1 Å². The Labute approximate surface area is 682 Å². The standard InChI is InChI=1S/C78H125N9O28S/c1-54(2)48-63(81-69(93)53-115-45-44-103-21-18-79-68(92)17-20-102-22-23-104-24-25-105-26-27-106-28-29-107-30-31-108-32-33-109-34-35-110-36-37-111-38-39-112-40-41-113-42-43-114-46-47-116-57(6)90)73(95)86-71(56(5)89)76(98)85-70(55(3)4)75(97)84-66(52-88)77(99)87-19-9-12-67(87)74(96)82-64(50-59-51-80-62-11-8-7-10-61(59)62)72(94)83-65(78(100)101)49-58-13-15-60(91)16-14-58/h7-8,10-11,13-16,51,54-56,63-67,70-71,80,88-89,91H,9,12,17-50,52-53H2,1-6H3,(H,79,92)(H,81,93)(H,82,96)(H,83,94)(H,84,97)(H,85,98)(H,86,95)(H,100,101)/t56-,63+,64+,65+,66+,67+,70+,71+/m1/s1. The SMILES string of the molecule is CC(=O)SCCOCCOCCOCCOCCOCCOCCOCCOCCOCCOCCOCCOCCC(=O)NCCOCCOCC(=O)N[C@@H](CC(C)C)C(=O)N[C@H](C(=O)N[C@H](C(=O)N[C@@H](CO)C(=O)N1CCC[C@H]1C(=O)N[C@@H](Cc1c[nH]c2ccccc12)C(=O)N[C@@H](Cc1ccc(O)cc1)C(=O)O)C(C)C)[C@@H](C)O. The number of aromatic hydroxyl groups is 1. The first-order valence-corrected chi connectivity index (χ1v) is 40.4. The number of fused-ring (bicyclic) bond motifs is 1. The number of aromatic nitrogens is 1. The quantitative estimate of drug-likeness (QED) is 0.0324. The fourth-order valence-corrected chi connectivity index (χ4v) is 11.8. The van der Waals surface area contributed by atoms with Crippen LogP contribution in [-0.4, -0.2) is 347 Å². The molecule has 0 bridgehead atoms. The van der Waals surface area contributed by atoms with E-state index in [0.717, 1.165) is 15.8 Å². The van der Waals surface area contributed by atoms with Gasteiger partial charge in [-0.05, 0) is 67.3 Å². The molecule has 1 fully saturated rings. The first kappa shape index (κ1) is 101. The minimum Gasteiger partial charge on any atom is -0.508 e. The van der Waals surface area contributed by atoms with E-state index in [9.17, 15) is 68.4 Å². The lowest BCUT2D eigenvalue weighted by molar-refractivity contribution is -0.144. The number of benzene rings is 2. The van der Waals surface area contributed by atoms with E-state index in [-0.39, 0.29) is 94.3 Å². The van der Waals surface area contributed by atoms with E-state index in [1.807, 2.05) is 18.2 Å². The lowest BCUT2D eigenvalue weighted by Gasteiger charge is -2.31. The van der Waals surface area contributed by atoms with Crippen LogP contribution in [0.1, 0.15) is 78.4 Å². The number of hydrogen-bond donors (Lipinski definition) is 12. The van der Waals surface area contributed by atoms with Crippen molar-refractivity contribution in [1.29, 1.82) is 0 Å². The van der Waals surface area contributed by atoms with Crippen LogP contribution in [0.2, 0.25) is 0 Å². The highest BCUT2D eigenvalue weighted by molar-refractivity contribution is 8.13. The molecule has 0 saturated carbocycles. The van der Waals surface area contributed by atoms with Crippen LogP contribution in [-0.2, 0) is 127 Å². The summed E-state index contributed by atoms with van der Waals surface area (Å²) >= 11 is 1.24. The number of phenols is 1. The molecule has 0 aliphatic carbocycles. The van der Waals surface area contributed by atoms with Gasteiger partial charge in [-0.25, -0.2) is 4.79 Å². The summed E-state index contributed by atoms with van der Waals surface area (Å²) in [6, 6.07) is 3.07. The molecule has 0 spiro atoms. The monoisotopic (exact) mass is 1670 g/mol. The van der Waals surface area contributed by atoms with Crippen molar-refractivity contribution in [2.75, 3.05) is 210 Å². The Bertz CT molecular complexity index is 3290. The molecule has 1 saturated heterocycles. The summed E-state index contributed by atoms with van der Waals surface area (Å²) in [6.45, 7) is 18.7. The average molecular weight is 1670 g/mol. The number of phenolic OH excluding ortho intramolecular Hbond substituents is 1. The van der Waals surface area contributed by atoms with Gasteiger partial charge in [0.1, 0.15) is 54.6 Å². The first-order valence-electron chi connectivity index (χ1n) is 39.4. The average Bonchev–Trinajstić information content (AvgIpc) is 1.65. The third kappa shape index (κ3) is 44.3. The zero-order valence-electron chi connectivity index (χ0n) is 67.8. The van der Waals surface area contributed by atoms with E-state index < -0.39 is 115 Å². The van der Waals surface area contributed by atoms with Gasteiger partial charge in [-0.1, -0.05) is 69.8 Å². The number of aliphatic carboxylic acids is 1. The maximum Gasteiger partial charge on any atom is 0.326 e. The summed E-state index contributed by atoms with van der Waals surface area (Å²) in [7, 11) is 0. The Morgan fingerprint density at radius 2 is 0.974 bits per heavy atom. The van der Waals surface area contributed by atoms with E-state index in [1.54, 1.807) is 40.0 Å². The number of rotatable bonds is 69. The lowest BCUT2D eigenvalue weighted by atomic mass is 10.0. The molecule has 38 heteroatoms. The zero-order chi connectivity index (χ0) is 84.5. The Morgan fingerprint density at radius 1 is 0.509 bits per heavy atom. The van der Waals surface area contributed by atoms with Gasteiger partial charge in [0.15, 0.2) is 5.12 Å². The molecule has 1 aromatic heterocycles. The van der Waals surface area contributed by atoms with Gasteiger partial charge in [0.05, 0.1) is 191 Å². The number of carboxylic acid groups (broad SMARTS) is 1. The maximum absolute atomic E-state index is 14.3. The fourth-order valence-electron chi connectivity index (χ4n) is 11.3. The number of carbonyl (C=O) groups is 10. The molecular weight excluding hydrogens is 1540 g/mol. The van der Waals surface area contributed by atoms with Crippen molar-refractivity contribution in [3.8, 4) is 5.75 Å². The van der Waals surface area contributed by atoms with Crippen LogP contribution in [0.25, 0.3) is 10.9 Å². The maximum atomic E-state index is 14.3. The third-order valence-electron chi connectivity index (χ3n) is 17.3. The smallest absolute Gasteiger partial charge is 0.326 e. The molecule has 1 aliphatic heterocycles. The summed E-state index contributed by atoms with van der Waals surface area (Å²) in [5, 5.41) is 60.2. The number of carbonyl (C=O) groups excluding carboxylic acids is 9. The van der Waals surface area contributed by atoms with E-state index >= 15 is 0 Å². The molecule has 2 heterocycles. The number of nitrogens with zero attached hydrogens (tertiary/aromatic N) is 1. The van der Waals surface area contributed by atoms with Gasteiger partial charge in [-0.3, -0.25) is 43.2 Å². The van der Waals surface area contributed by atoms with Crippen LogP contribution in [0.4, 0.5) is 0 Å². The minimum atomic E-state index is -1.66. The second kappa shape index (κ2) is 61.7. The summed E-state index contributed by atoms with van der Waals surface area (Å²) in [5.41, 5.74) is 1.86. The molecule has 656 valence electrons. The molecule has 3 aromatic rings. The van der Waals surface area contributed by atoms with Crippen molar-refractivity contribution in [2.24, 2.45) is 11.8 Å².